The summed E-state index contributed by atoms with van der Waals surface area (Å²) in [6, 6.07) is 3.25. The molecule has 0 saturated carbocycles. The minimum Gasteiger partial charge on any atom is -0.497 e. The van der Waals surface area contributed by atoms with Crippen molar-refractivity contribution in [3.05, 3.63) is 18.2 Å². The number of urea groups is 1. The molecule has 0 radical (unpaired) electrons. The lowest BCUT2D eigenvalue weighted by Crippen LogP contribution is -2.40. The van der Waals surface area contributed by atoms with Crippen LogP contribution in [0.4, 0.5) is 10.5 Å². The number of nitrogens with one attached hydrogen (secondary N) is 2. The minimum atomic E-state index is -1.11. The zero-order chi connectivity index (χ0) is 14.4. The van der Waals surface area contributed by atoms with E-state index in [0.29, 0.717) is 17.2 Å². The molecule has 1 aromatic rings. The molecule has 19 heavy (non-hydrogen) atoms. The molecule has 0 spiro atoms. The Bertz CT molecular complexity index is 475. The molecule has 0 aromatic heterocycles. The molecule has 0 aliphatic rings. The molecule has 0 fully saturated rings. The average molecular weight is 268 g/mol. The lowest BCUT2D eigenvalue weighted by atomic mass is 10.2. The van der Waals surface area contributed by atoms with Crippen molar-refractivity contribution in [3.63, 3.8) is 0 Å². The molecule has 0 aliphatic heterocycles. The first kappa shape index (κ1) is 14.6. The summed E-state index contributed by atoms with van der Waals surface area (Å²) in [6.45, 7) is 1.37. The van der Waals surface area contributed by atoms with E-state index in [9.17, 15) is 9.59 Å². The lowest BCUT2D eigenvalue weighted by Gasteiger charge is -2.13. The van der Waals surface area contributed by atoms with E-state index in [2.05, 4.69) is 10.6 Å². The molecular weight excluding hydrogens is 252 g/mol. The largest absolute Gasteiger partial charge is 0.497 e. The number of ether oxygens (including phenoxy) is 2. The molecule has 7 nitrogen and oxygen atoms in total. The molecule has 104 valence electrons. The minimum absolute atomic E-state index is 0.414. The van der Waals surface area contributed by atoms with Gasteiger partial charge < -0.3 is 25.2 Å². The predicted molar refractivity (Wildman–Crippen MR) is 68.8 cm³/mol. The third kappa shape index (κ3) is 4.06. The van der Waals surface area contributed by atoms with E-state index in [-0.39, 0.29) is 0 Å². The van der Waals surface area contributed by atoms with E-state index >= 15 is 0 Å². The summed E-state index contributed by atoms with van der Waals surface area (Å²) in [4.78, 5) is 22.2. The molecule has 1 unspecified atom stereocenters. The van der Waals surface area contributed by atoms with Crippen molar-refractivity contribution < 1.29 is 24.2 Å². The highest BCUT2D eigenvalue weighted by Gasteiger charge is 2.15. The summed E-state index contributed by atoms with van der Waals surface area (Å²) in [6.07, 6.45) is 0. The molecule has 1 rings (SSSR count). The van der Waals surface area contributed by atoms with E-state index in [4.69, 9.17) is 14.6 Å². The van der Waals surface area contributed by atoms with Gasteiger partial charge in [-0.25, -0.2) is 4.79 Å². The van der Waals surface area contributed by atoms with Crippen LogP contribution in [-0.4, -0.2) is 37.4 Å². The SMILES string of the molecule is COc1ccc(NC(=O)NC(C)C(=O)O)c(OC)c1. The number of hydrogen-bond acceptors (Lipinski definition) is 4. The Morgan fingerprint density at radius 3 is 2.47 bits per heavy atom. The second-order valence-electron chi connectivity index (χ2n) is 3.72. The molecule has 0 saturated heterocycles. The maximum Gasteiger partial charge on any atom is 0.325 e. The fourth-order valence-corrected chi connectivity index (χ4v) is 1.32. The number of anilines is 1. The van der Waals surface area contributed by atoms with E-state index in [0.717, 1.165) is 0 Å². The standard InChI is InChI=1S/C12H16N2O5/c1-7(11(15)16)13-12(17)14-9-5-4-8(18-2)6-10(9)19-3/h4-7H,1-3H3,(H,15,16)(H2,13,14,17). The summed E-state index contributed by atoms with van der Waals surface area (Å²) in [5.41, 5.74) is 0.415. The normalized spacial score (nSPS) is 11.3. The Kier molecular flexibility index (Phi) is 4.99. The predicted octanol–water partition coefficient (Wildman–Crippen LogP) is 1.30. The molecule has 2 amide bonds. The summed E-state index contributed by atoms with van der Waals surface area (Å²) < 4.78 is 10.1. The lowest BCUT2D eigenvalue weighted by molar-refractivity contribution is -0.138. The smallest absolute Gasteiger partial charge is 0.325 e. The van der Waals surface area contributed by atoms with E-state index in [1.165, 1.54) is 21.1 Å². The van der Waals surface area contributed by atoms with Gasteiger partial charge in [0.05, 0.1) is 19.9 Å². The van der Waals surface area contributed by atoms with Gasteiger partial charge in [0.2, 0.25) is 0 Å². The molecular formula is C12H16N2O5. The van der Waals surface area contributed by atoms with Gasteiger partial charge in [-0.15, -0.1) is 0 Å². The zero-order valence-electron chi connectivity index (χ0n) is 10.9. The first-order valence-corrected chi connectivity index (χ1v) is 5.50. The first-order valence-electron chi connectivity index (χ1n) is 5.50. The summed E-state index contributed by atoms with van der Waals surface area (Å²) >= 11 is 0. The van der Waals surface area contributed by atoms with Crippen LogP contribution in [0, 0.1) is 0 Å². The molecule has 1 aromatic carbocycles. The maximum absolute atomic E-state index is 11.6. The fraction of sp³-hybridized carbons (Fsp3) is 0.333. The maximum atomic E-state index is 11.6. The highest BCUT2D eigenvalue weighted by atomic mass is 16.5. The van der Waals surface area contributed by atoms with Crippen molar-refractivity contribution in [2.75, 3.05) is 19.5 Å². The van der Waals surface area contributed by atoms with Crippen LogP contribution >= 0.6 is 0 Å². The van der Waals surface area contributed by atoms with Crippen molar-refractivity contribution in [3.8, 4) is 11.5 Å². The highest BCUT2D eigenvalue weighted by Crippen LogP contribution is 2.28. The third-order valence-corrected chi connectivity index (χ3v) is 2.37. The van der Waals surface area contributed by atoms with Gasteiger partial charge in [0.25, 0.3) is 0 Å². The first-order chi connectivity index (χ1) is 8.97. The van der Waals surface area contributed by atoms with Crippen LogP contribution in [0.5, 0.6) is 11.5 Å². The van der Waals surface area contributed by atoms with Crippen LogP contribution in [0.15, 0.2) is 18.2 Å². The van der Waals surface area contributed by atoms with Crippen LogP contribution < -0.4 is 20.1 Å². The number of rotatable bonds is 5. The van der Waals surface area contributed by atoms with E-state index in [1.54, 1.807) is 18.2 Å². The summed E-state index contributed by atoms with van der Waals surface area (Å²) in [5.74, 6) is -0.115. The van der Waals surface area contributed by atoms with Crippen molar-refractivity contribution >= 4 is 17.7 Å². The summed E-state index contributed by atoms with van der Waals surface area (Å²) in [5, 5.41) is 13.5. The number of carboxylic acid groups (broad SMARTS) is 1. The van der Waals surface area contributed by atoms with E-state index < -0.39 is 18.0 Å². The van der Waals surface area contributed by atoms with Gasteiger partial charge in [-0.1, -0.05) is 0 Å². The molecule has 1 atom stereocenters. The average Bonchev–Trinajstić information content (AvgIpc) is 2.38. The Hall–Kier alpha value is -2.44. The monoisotopic (exact) mass is 268 g/mol. The number of carbonyl (C=O) groups is 2. The zero-order valence-corrected chi connectivity index (χ0v) is 10.9. The van der Waals surface area contributed by atoms with Gasteiger partial charge in [0.1, 0.15) is 17.5 Å². The number of amides is 2. The fourth-order valence-electron chi connectivity index (χ4n) is 1.32. The molecule has 0 heterocycles. The van der Waals surface area contributed by atoms with Crippen LogP contribution in [0.1, 0.15) is 6.92 Å². The number of benzene rings is 1. The topological polar surface area (TPSA) is 96.9 Å². The van der Waals surface area contributed by atoms with Crippen molar-refractivity contribution in [1.29, 1.82) is 0 Å². The second-order valence-corrected chi connectivity index (χ2v) is 3.72. The number of carboxylic acids is 1. The Morgan fingerprint density at radius 1 is 1.26 bits per heavy atom. The Balaban J connectivity index is 2.76. The van der Waals surface area contributed by atoms with Crippen LogP contribution in [0.3, 0.4) is 0 Å². The number of methoxy groups -OCH3 is 2. The van der Waals surface area contributed by atoms with Crippen molar-refractivity contribution in [1.82, 2.24) is 5.32 Å². The third-order valence-electron chi connectivity index (χ3n) is 2.37. The van der Waals surface area contributed by atoms with Gasteiger partial charge in [-0.05, 0) is 19.1 Å². The molecule has 3 N–H and O–H groups in total. The molecule has 7 heteroatoms. The van der Waals surface area contributed by atoms with Gasteiger partial charge in [0.15, 0.2) is 0 Å². The second kappa shape index (κ2) is 6.48. The number of carbonyl (C=O) groups excluding carboxylic acids is 1. The van der Waals surface area contributed by atoms with E-state index in [1.807, 2.05) is 0 Å². The number of hydrogen-bond donors (Lipinski definition) is 3. The van der Waals surface area contributed by atoms with Crippen LogP contribution in [0.25, 0.3) is 0 Å². The number of aliphatic carboxylic acids is 1. The summed E-state index contributed by atoms with van der Waals surface area (Å²) in [7, 11) is 2.97. The Labute approximate surface area is 110 Å². The molecule has 0 aliphatic carbocycles. The van der Waals surface area contributed by atoms with Gasteiger partial charge >= 0.3 is 12.0 Å². The van der Waals surface area contributed by atoms with Gasteiger partial charge in [-0.2, -0.15) is 0 Å². The Morgan fingerprint density at radius 2 is 1.95 bits per heavy atom. The van der Waals surface area contributed by atoms with Gasteiger partial charge in [-0.3, -0.25) is 4.79 Å². The van der Waals surface area contributed by atoms with Crippen molar-refractivity contribution in [2.24, 2.45) is 0 Å². The highest BCUT2D eigenvalue weighted by molar-refractivity contribution is 5.93. The quantitative estimate of drug-likeness (QED) is 0.747. The van der Waals surface area contributed by atoms with Crippen LogP contribution in [-0.2, 0) is 4.79 Å². The van der Waals surface area contributed by atoms with Gasteiger partial charge in [0, 0.05) is 6.07 Å². The van der Waals surface area contributed by atoms with Crippen molar-refractivity contribution in [2.45, 2.75) is 13.0 Å². The van der Waals surface area contributed by atoms with Crippen LogP contribution in [0.2, 0.25) is 0 Å². The molecule has 0 bridgehead atoms.